The van der Waals surface area contributed by atoms with Gasteiger partial charge in [0.05, 0.1) is 5.69 Å². The van der Waals surface area contributed by atoms with Gasteiger partial charge in [-0.05, 0) is 18.5 Å². The Hall–Kier alpha value is -0.890. The van der Waals surface area contributed by atoms with E-state index in [2.05, 4.69) is 17.5 Å². The number of aromatic nitrogens is 1. The van der Waals surface area contributed by atoms with Gasteiger partial charge in [0, 0.05) is 9.75 Å². The molecular formula is C10H15NS. The summed E-state index contributed by atoms with van der Waals surface area (Å²) in [5.41, 5.74) is 1.04. The molecule has 0 N–H and O–H groups in total. The second-order valence-electron chi connectivity index (χ2n) is 2.01. The third kappa shape index (κ3) is 2.62. The highest BCUT2D eigenvalue weighted by Crippen LogP contribution is 1.81. The second kappa shape index (κ2) is 5.72. The molecule has 0 fully saturated rings. The zero-order valence-corrected chi connectivity index (χ0v) is 8.74. The van der Waals surface area contributed by atoms with Crippen LogP contribution < -0.4 is 9.75 Å². The number of hydrogen-bond acceptors (Lipinski definition) is 2. The number of allylic oxidation sites excluding steroid dienone is 1. The minimum atomic E-state index is 1.01. The van der Waals surface area contributed by atoms with Crippen LogP contribution >= 0.6 is 11.5 Å². The molecule has 0 bridgehead atoms. The maximum absolute atomic E-state index is 4.13. The summed E-state index contributed by atoms with van der Waals surface area (Å²) in [6, 6.07) is 0. The van der Waals surface area contributed by atoms with Crippen LogP contribution in [0.5, 0.6) is 0 Å². The van der Waals surface area contributed by atoms with E-state index >= 15 is 0 Å². The molecule has 1 rings (SSSR count). The van der Waals surface area contributed by atoms with Crippen LogP contribution in [0.4, 0.5) is 0 Å². The molecule has 0 unspecified atom stereocenters. The zero-order valence-electron chi connectivity index (χ0n) is 7.92. The van der Waals surface area contributed by atoms with E-state index in [0.29, 0.717) is 0 Å². The Labute approximate surface area is 77.9 Å². The van der Waals surface area contributed by atoms with Gasteiger partial charge in [-0.25, -0.2) is 0 Å². The van der Waals surface area contributed by atoms with Gasteiger partial charge < -0.3 is 0 Å². The molecule has 0 saturated carbocycles. The Balaban J connectivity index is 0.000000561. The van der Waals surface area contributed by atoms with Crippen molar-refractivity contribution in [3.8, 4) is 0 Å². The SMILES string of the molecule is C=C/C=c1/c(C)nsc1=C.CC. The summed E-state index contributed by atoms with van der Waals surface area (Å²) in [7, 11) is 0. The van der Waals surface area contributed by atoms with Crippen molar-refractivity contribution >= 4 is 24.2 Å². The van der Waals surface area contributed by atoms with E-state index < -0.39 is 0 Å². The predicted molar refractivity (Wildman–Crippen MR) is 57.6 cm³/mol. The van der Waals surface area contributed by atoms with Crippen molar-refractivity contribution in [2.45, 2.75) is 20.8 Å². The highest BCUT2D eigenvalue weighted by atomic mass is 32.1. The van der Waals surface area contributed by atoms with Gasteiger partial charge in [0.25, 0.3) is 0 Å². The van der Waals surface area contributed by atoms with Crippen molar-refractivity contribution in [2.75, 3.05) is 0 Å². The quantitative estimate of drug-likeness (QED) is 0.644. The number of rotatable bonds is 1. The van der Waals surface area contributed by atoms with Crippen molar-refractivity contribution in [3.05, 3.63) is 28.1 Å². The summed E-state index contributed by atoms with van der Waals surface area (Å²) in [4.78, 5) is 0. The first-order chi connectivity index (χ1) is 5.75. The summed E-state index contributed by atoms with van der Waals surface area (Å²) in [5.74, 6) is 0. The topological polar surface area (TPSA) is 12.9 Å². The average molecular weight is 181 g/mol. The van der Waals surface area contributed by atoms with Crippen LogP contribution in [-0.4, -0.2) is 4.37 Å². The molecule has 1 heterocycles. The van der Waals surface area contributed by atoms with Gasteiger partial charge in [-0.1, -0.05) is 39.2 Å². The van der Waals surface area contributed by atoms with Crippen molar-refractivity contribution in [3.63, 3.8) is 0 Å². The molecule has 0 aliphatic rings. The molecule has 0 aliphatic heterocycles. The molecule has 1 aromatic heterocycles. The van der Waals surface area contributed by atoms with Crippen LogP contribution in [0.15, 0.2) is 12.7 Å². The van der Waals surface area contributed by atoms with Crippen LogP contribution in [-0.2, 0) is 0 Å². The van der Waals surface area contributed by atoms with E-state index in [-0.39, 0.29) is 0 Å². The summed E-state index contributed by atoms with van der Waals surface area (Å²) >= 11 is 1.43. The van der Waals surface area contributed by atoms with Gasteiger partial charge in [-0.3, -0.25) is 0 Å². The molecule has 0 aliphatic carbocycles. The molecule has 0 amide bonds. The molecule has 1 aromatic rings. The summed E-state index contributed by atoms with van der Waals surface area (Å²) < 4.78 is 5.15. The Morgan fingerprint density at radius 1 is 1.42 bits per heavy atom. The molecule has 2 heteroatoms. The summed E-state index contributed by atoms with van der Waals surface area (Å²) in [6.45, 7) is 13.4. The smallest absolute Gasteiger partial charge is 0.0589 e. The number of hydrogen-bond donors (Lipinski definition) is 0. The minimum absolute atomic E-state index is 1.01. The van der Waals surface area contributed by atoms with Crippen LogP contribution in [0, 0.1) is 6.92 Å². The Bertz CT molecular complexity index is 335. The summed E-state index contributed by atoms with van der Waals surface area (Å²) in [5, 5.41) is 1.11. The Kier molecular flexibility index (Phi) is 5.30. The maximum Gasteiger partial charge on any atom is 0.0589 e. The third-order valence-electron chi connectivity index (χ3n) is 1.27. The summed E-state index contributed by atoms with van der Waals surface area (Å²) in [6.07, 6.45) is 3.69. The number of nitrogens with zero attached hydrogens (tertiary/aromatic N) is 1. The van der Waals surface area contributed by atoms with Crippen molar-refractivity contribution < 1.29 is 0 Å². The first-order valence-electron chi connectivity index (χ1n) is 3.99. The average Bonchev–Trinajstić information content (AvgIpc) is 2.40. The number of aryl methyl sites for hydroxylation is 1. The molecule has 0 aromatic carbocycles. The third-order valence-corrected chi connectivity index (χ3v) is 2.07. The Morgan fingerprint density at radius 3 is 2.33 bits per heavy atom. The zero-order chi connectivity index (χ0) is 9.56. The van der Waals surface area contributed by atoms with E-state index in [1.807, 2.05) is 26.8 Å². The van der Waals surface area contributed by atoms with Gasteiger partial charge in [0.2, 0.25) is 0 Å². The van der Waals surface area contributed by atoms with E-state index in [9.17, 15) is 0 Å². The lowest BCUT2D eigenvalue weighted by atomic mass is 10.3. The van der Waals surface area contributed by atoms with Crippen molar-refractivity contribution in [1.29, 1.82) is 0 Å². The van der Waals surface area contributed by atoms with Gasteiger partial charge in [-0.15, -0.1) is 0 Å². The van der Waals surface area contributed by atoms with Gasteiger partial charge in [0.15, 0.2) is 0 Å². The van der Waals surface area contributed by atoms with Crippen molar-refractivity contribution in [1.82, 2.24) is 4.37 Å². The lowest BCUT2D eigenvalue weighted by Crippen LogP contribution is -2.17. The van der Waals surface area contributed by atoms with Crippen LogP contribution in [0.3, 0.4) is 0 Å². The van der Waals surface area contributed by atoms with Crippen LogP contribution in [0.25, 0.3) is 12.7 Å². The van der Waals surface area contributed by atoms with Crippen LogP contribution in [0.1, 0.15) is 19.5 Å². The second-order valence-corrected chi connectivity index (χ2v) is 2.87. The van der Waals surface area contributed by atoms with E-state index in [4.69, 9.17) is 0 Å². The highest BCUT2D eigenvalue weighted by molar-refractivity contribution is 7.03. The molecule has 0 radical (unpaired) electrons. The fraction of sp³-hybridized carbons (Fsp3) is 0.300. The maximum atomic E-state index is 4.13. The lowest BCUT2D eigenvalue weighted by molar-refractivity contribution is 1.31. The molecule has 0 atom stereocenters. The van der Waals surface area contributed by atoms with Gasteiger partial charge >= 0.3 is 0 Å². The monoisotopic (exact) mass is 181 g/mol. The highest BCUT2D eigenvalue weighted by Gasteiger charge is 1.90. The first kappa shape index (κ1) is 11.1. The van der Waals surface area contributed by atoms with Gasteiger partial charge in [0.1, 0.15) is 0 Å². The fourth-order valence-electron chi connectivity index (χ4n) is 0.755. The Morgan fingerprint density at radius 2 is 2.00 bits per heavy atom. The van der Waals surface area contributed by atoms with Crippen LogP contribution in [0.2, 0.25) is 0 Å². The minimum Gasteiger partial charge on any atom is -0.197 e. The largest absolute Gasteiger partial charge is 0.197 e. The molecule has 66 valence electrons. The predicted octanol–water partition coefficient (Wildman–Crippen LogP) is 1.85. The first-order valence-corrected chi connectivity index (χ1v) is 4.77. The standard InChI is InChI=1S/C8H9NS.C2H6/c1-4-5-8-6(2)9-10-7(8)3;1-2/h4-5H,1,3H2,2H3;1-2H3/b8-5-;. The molecular weight excluding hydrogens is 166 g/mol. The van der Waals surface area contributed by atoms with E-state index in [0.717, 1.165) is 15.4 Å². The van der Waals surface area contributed by atoms with Crippen molar-refractivity contribution in [2.24, 2.45) is 0 Å². The molecule has 0 saturated heterocycles. The van der Waals surface area contributed by atoms with E-state index in [1.165, 1.54) is 11.5 Å². The lowest BCUT2D eigenvalue weighted by Gasteiger charge is -1.76. The normalized spacial score (nSPS) is 10.4. The molecule has 1 nitrogen and oxygen atoms in total. The molecule has 0 spiro atoms. The van der Waals surface area contributed by atoms with E-state index in [1.54, 1.807) is 6.08 Å². The molecule has 12 heavy (non-hydrogen) atoms. The fourth-order valence-corrected chi connectivity index (χ4v) is 1.41. The van der Waals surface area contributed by atoms with Gasteiger partial charge in [-0.2, -0.15) is 4.37 Å².